The average molecular weight is 192 g/mol. The molecule has 0 aliphatic heterocycles. The van der Waals surface area contributed by atoms with Crippen molar-refractivity contribution in [3.05, 3.63) is 28.7 Å². The molecule has 0 unspecified atom stereocenters. The van der Waals surface area contributed by atoms with Crippen molar-refractivity contribution in [2.45, 2.75) is 0 Å². The van der Waals surface area contributed by atoms with Gasteiger partial charge in [-0.2, -0.15) is 4.39 Å². The molecule has 48 valence electrons. The molecular formula is C5H5BrFN2+. The van der Waals surface area contributed by atoms with E-state index in [2.05, 4.69) is 15.9 Å². The van der Waals surface area contributed by atoms with Crippen LogP contribution in [-0.4, -0.2) is 0 Å². The highest BCUT2D eigenvalue weighted by Crippen LogP contribution is 2.09. The second kappa shape index (κ2) is 2.31. The molecule has 0 spiro atoms. The summed E-state index contributed by atoms with van der Waals surface area (Å²) in [5.41, 5.74) is 0. The van der Waals surface area contributed by atoms with Gasteiger partial charge in [0.25, 0.3) is 0 Å². The Morgan fingerprint density at radius 2 is 2.33 bits per heavy atom. The molecule has 0 atom stereocenters. The number of nitrogen functional groups attached to an aromatic ring is 1. The van der Waals surface area contributed by atoms with Crippen LogP contribution in [0.15, 0.2) is 22.9 Å². The standard InChI is InChI=1S/C5H5BrFN2/c6-4-1-2-9(8)3-5(4)7/h1-3H,8H2/q+1. The summed E-state index contributed by atoms with van der Waals surface area (Å²) in [5, 5.41) is 0. The zero-order valence-electron chi connectivity index (χ0n) is 4.51. The van der Waals surface area contributed by atoms with Crippen LogP contribution in [-0.2, 0) is 0 Å². The second-order valence-electron chi connectivity index (χ2n) is 1.59. The Morgan fingerprint density at radius 3 is 2.78 bits per heavy atom. The summed E-state index contributed by atoms with van der Waals surface area (Å²) in [5.74, 6) is 4.82. The van der Waals surface area contributed by atoms with E-state index < -0.39 is 0 Å². The monoisotopic (exact) mass is 191 g/mol. The van der Waals surface area contributed by atoms with Crippen molar-refractivity contribution in [3.63, 3.8) is 0 Å². The van der Waals surface area contributed by atoms with Crippen molar-refractivity contribution in [1.82, 2.24) is 0 Å². The second-order valence-corrected chi connectivity index (χ2v) is 2.44. The molecule has 1 rings (SSSR count). The van der Waals surface area contributed by atoms with Crippen molar-refractivity contribution in [2.75, 3.05) is 5.84 Å². The largest absolute Gasteiger partial charge is 0.235 e. The van der Waals surface area contributed by atoms with Crippen LogP contribution in [0.25, 0.3) is 0 Å². The molecule has 0 aliphatic carbocycles. The molecule has 4 heteroatoms. The molecule has 2 N–H and O–H groups in total. The lowest BCUT2D eigenvalue weighted by atomic mass is 10.5. The van der Waals surface area contributed by atoms with Gasteiger partial charge in [-0.1, -0.05) is 4.68 Å². The Hall–Kier alpha value is -0.640. The van der Waals surface area contributed by atoms with Crippen LogP contribution in [0.1, 0.15) is 0 Å². The third-order valence-electron chi connectivity index (χ3n) is 0.884. The zero-order chi connectivity index (χ0) is 6.85. The van der Waals surface area contributed by atoms with Gasteiger partial charge < -0.3 is 0 Å². The number of nitrogens with zero attached hydrogens (tertiary/aromatic N) is 1. The lowest BCUT2D eigenvalue weighted by molar-refractivity contribution is -0.640. The molecule has 1 aromatic rings. The summed E-state index contributed by atoms with van der Waals surface area (Å²) in [6.45, 7) is 0. The smallest absolute Gasteiger partial charge is 0.205 e. The molecule has 0 bridgehead atoms. The van der Waals surface area contributed by atoms with E-state index in [0.29, 0.717) is 4.47 Å². The van der Waals surface area contributed by atoms with E-state index in [4.69, 9.17) is 5.84 Å². The van der Waals surface area contributed by atoms with E-state index in [9.17, 15) is 4.39 Å². The van der Waals surface area contributed by atoms with Gasteiger partial charge in [0.05, 0.1) is 4.47 Å². The Bertz CT molecular complexity index is 226. The van der Waals surface area contributed by atoms with Gasteiger partial charge in [-0.25, -0.2) is 5.84 Å². The van der Waals surface area contributed by atoms with Crippen LogP contribution in [0, 0.1) is 5.82 Å². The van der Waals surface area contributed by atoms with Crippen molar-refractivity contribution in [1.29, 1.82) is 0 Å². The number of pyridine rings is 1. The molecule has 1 heterocycles. The van der Waals surface area contributed by atoms with E-state index >= 15 is 0 Å². The molecular weight excluding hydrogens is 187 g/mol. The van der Waals surface area contributed by atoms with Gasteiger partial charge in [-0.05, 0) is 15.9 Å². The van der Waals surface area contributed by atoms with Crippen LogP contribution in [0.3, 0.4) is 0 Å². The summed E-state index contributed by atoms with van der Waals surface area (Å²) >= 11 is 2.99. The van der Waals surface area contributed by atoms with Gasteiger partial charge in [0.1, 0.15) is 0 Å². The molecule has 0 aliphatic rings. The quantitative estimate of drug-likeness (QED) is 0.473. The van der Waals surface area contributed by atoms with Crippen molar-refractivity contribution in [2.24, 2.45) is 0 Å². The lowest BCUT2D eigenvalue weighted by Crippen LogP contribution is -2.43. The van der Waals surface area contributed by atoms with Crippen LogP contribution in [0.2, 0.25) is 0 Å². The predicted octanol–water partition coefficient (Wildman–Crippen LogP) is 0.589. The third-order valence-corrected chi connectivity index (χ3v) is 1.53. The number of hydrogen-bond donors (Lipinski definition) is 1. The minimum absolute atomic E-state index is 0.361. The van der Waals surface area contributed by atoms with E-state index in [1.54, 1.807) is 6.20 Å². The first-order valence-electron chi connectivity index (χ1n) is 2.31. The van der Waals surface area contributed by atoms with E-state index in [-0.39, 0.29) is 5.82 Å². The summed E-state index contributed by atoms with van der Waals surface area (Å²) < 4.78 is 14.0. The minimum Gasteiger partial charge on any atom is -0.205 e. The normalized spacial score (nSPS) is 9.56. The highest BCUT2D eigenvalue weighted by molar-refractivity contribution is 9.10. The van der Waals surface area contributed by atoms with Crippen molar-refractivity contribution >= 4 is 15.9 Å². The van der Waals surface area contributed by atoms with E-state index in [0.717, 1.165) is 4.68 Å². The fourth-order valence-electron chi connectivity index (χ4n) is 0.467. The highest BCUT2D eigenvalue weighted by Gasteiger charge is 2.02. The van der Waals surface area contributed by atoms with Gasteiger partial charge in [0, 0.05) is 6.07 Å². The summed E-state index contributed by atoms with van der Waals surface area (Å²) in [6.07, 6.45) is 2.73. The highest BCUT2D eigenvalue weighted by atomic mass is 79.9. The zero-order valence-corrected chi connectivity index (χ0v) is 6.10. The van der Waals surface area contributed by atoms with Gasteiger partial charge in [-0.15, -0.1) is 0 Å². The maximum Gasteiger partial charge on any atom is 0.235 e. The Morgan fingerprint density at radius 1 is 1.67 bits per heavy atom. The Balaban J connectivity index is 3.17. The van der Waals surface area contributed by atoms with Gasteiger partial charge in [0.2, 0.25) is 18.2 Å². The summed E-state index contributed by atoms with van der Waals surface area (Å²) in [4.78, 5) is 0. The number of rotatable bonds is 0. The van der Waals surface area contributed by atoms with Crippen LogP contribution >= 0.6 is 15.9 Å². The average Bonchev–Trinajstić information content (AvgIpc) is 1.80. The minimum atomic E-state index is -0.361. The molecule has 0 radical (unpaired) electrons. The molecule has 9 heavy (non-hydrogen) atoms. The summed E-state index contributed by atoms with van der Waals surface area (Å²) in [7, 11) is 0. The molecule has 0 saturated carbocycles. The first-order chi connectivity index (χ1) is 4.20. The van der Waals surface area contributed by atoms with Crippen LogP contribution in [0.5, 0.6) is 0 Å². The summed E-state index contributed by atoms with van der Waals surface area (Å²) in [6, 6.07) is 1.54. The Kier molecular flexibility index (Phi) is 1.66. The number of aromatic nitrogens is 1. The maximum atomic E-state index is 12.4. The lowest BCUT2D eigenvalue weighted by Gasteiger charge is -1.87. The van der Waals surface area contributed by atoms with E-state index in [1.807, 2.05) is 0 Å². The first-order valence-corrected chi connectivity index (χ1v) is 3.11. The van der Waals surface area contributed by atoms with Crippen LogP contribution < -0.4 is 10.5 Å². The van der Waals surface area contributed by atoms with Crippen molar-refractivity contribution in [3.8, 4) is 0 Å². The van der Waals surface area contributed by atoms with Crippen molar-refractivity contribution < 1.29 is 9.07 Å². The molecule has 0 aromatic carbocycles. The molecule has 0 fully saturated rings. The first kappa shape index (κ1) is 6.48. The number of hydrogen-bond acceptors (Lipinski definition) is 1. The third kappa shape index (κ3) is 1.38. The van der Waals surface area contributed by atoms with Crippen LogP contribution in [0.4, 0.5) is 4.39 Å². The SMILES string of the molecule is N[n+]1ccc(Br)c(F)c1. The topological polar surface area (TPSA) is 29.9 Å². The van der Waals surface area contributed by atoms with E-state index in [1.165, 1.54) is 12.3 Å². The molecule has 0 amide bonds. The number of nitrogens with two attached hydrogens (primary N) is 1. The fraction of sp³-hybridized carbons (Fsp3) is 0. The number of halogens is 2. The molecule has 0 saturated heterocycles. The van der Waals surface area contributed by atoms with Gasteiger partial charge in [-0.3, -0.25) is 0 Å². The molecule has 2 nitrogen and oxygen atoms in total. The maximum absolute atomic E-state index is 12.4. The fourth-order valence-corrected chi connectivity index (χ4v) is 0.687. The predicted molar refractivity (Wildman–Crippen MR) is 34.4 cm³/mol. The Labute approximate surface area is 60.2 Å². The van der Waals surface area contributed by atoms with Gasteiger partial charge in [0.15, 0.2) is 0 Å². The van der Waals surface area contributed by atoms with Gasteiger partial charge >= 0.3 is 0 Å². The molecule has 1 aromatic heterocycles.